The van der Waals surface area contributed by atoms with Crippen molar-refractivity contribution in [3.05, 3.63) is 35.9 Å². The van der Waals surface area contributed by atoms with Crippen molar-refractivity contribution in [3.63, 3.8) is 0 Å². The number of hydrogen-bond acceptors (Lipinski definition) is 11. The highest BCUT2D eigenvalue weighted by Gasteiger charge is 2.30. The molecule has 0 bridgehead atoms. The summed E-state index contributed by atoms with van der Waals surface area (Å²) in [5.74, 6) is -3.87. The molecule has 20 nitrogen and oxygen atoms in total. The second kappa shape index (κ2) is 22.9. The number of benzene rings is 1. The van der Waals surface area contributed by atoms with Gasteiger partial charge >= 0.3 is 24.0 Å². The molecular weight excluding hydrogens is 666 g/mol. The molecule has 0 radical (unpaired) electrons. The molecule has 0 aromatic heterocycles. The molecule has 3 unspecified atom stereocenters. The van der Waals surface area contributed by atoms with Gasteiger partial charge in [0.05, 0.1) is 6.54 Å². The van der Waals surface area contributed by atoms with E-state index in [0.29, 0.717) is 5.56 Å². The van der Waals surface area contributed by atoms with Gasteiger partial charge < -0.3 is 46.6 Å². The first kappa shape index (κ1) is 42.5. The fraction of sp³-hybridized carbons (Fsp3) is 0.444. The summed E-state index contributed by atoms with van der Waals surface area (Å²) in [7, 11) is 0. The van der Waals surface area contributed by atoms with Crippen LogP contribution in [0.25, 0.3) is 0 Å². The summed E-state index contributed by atoms with van der Waals surface area (Å²) < 4.78 is 4.96. The summed E-state index contributed by atoms with van der Waals surface area (Å²) in [6.45, 7) is -1.33. The molecule has 1 aromatic rings. The van der Waals surface area contributed by atoms with Gasteiger partial charge in [0.25, 0.3) is 5.91 Å². The Labute approximate surface area is 279 Å². The number of nitrogens with one attached hydrogen (secondary N) is 6. The van der Waals surface area contributed by atoms with Crippen molar-refractivity contribution in [1.82, 2.24) is 32.0 Å². The Kier molecular flexibility index (Phi) is 20.3. The van der Waals surface area contributed by atoms with E-state index < -0.39 is 123 Å². The smallest absolute Gasteiger partial charge is 0.407 e. The first-order valence-electron chi connectivity index (χ1n) is 14.0. The molecule has 0 saturated heterocycles. The van der Waals surface area contributed by atoms with Crippen molar-refractivity contribution in [2.24, 2.45) is 5.84 Å². The van der Waals surface area contributed by atoms with Gasteiger partial charge in [0.15, 0.2) is 0 Å². The average molecular weight is 704 g/mol. The second-order valence-corrected chi connectivity index (χ2v) is 9.74. The van der Waals surface area contributed by atoms with E-state index in [0.717, 1.165) is 0 Å². The van der Waals surface area contributed by atoms with E-state index in [9.17, 15) is 43.2 Å². The quantitative estimate of drug-likeness (QED) is 0.0359. The summed E-state index contributed by atoms with van der Waals surface area (Å²) in [5, 5.41) is 38.0. The highest BCUT2D eigenvalue weighted by molar-refractivity contribution is 5.95. The number of carbonyl (C=O) groups is 9. The van der Waals surface area contributed by atoms with Gasteiger partial charge in [-0.25, -0.2) is 10.6 Å². The van der Waals surface area contributed by atoms with E-state index >= 15 is 0 Å². The average Bonchev–Trinajstić information content (AvgIpc) is 3.03. The Balaban J connectivity index is 0.0000221. The van der Waals surface area contributed by atoms with Gasteiger partial charge in [0.1, 0.15) is 31.3 Å². The third kappa shape index (κ3) is 18.5. The number of nitrogens with two attached hydrogens (primary N) is 1. The minimum absolute atomic E-state index is 0. The number of carboxylic acids is 3. The highest BCUT2D eigenvalue weighted by atomic mass is 35.5. The van der Waals surface area contributed by atoms with Gasteiger partial charge in [-0.3, -0.25) is 43.8 Å². The molecule has 0 spiro atoms. The number of carboxylic acid groups (broad SMARTS) is 3. The summed E-state index contributed by atoms with van der Waals surface area (Å²) in [6, 6.07) is 4.01. The summed E-state index contributed by atoms with van der Waals surface area (Å²) >= 11 is 0. The van der Waals surface area contributed by atoms with Crippen molar-refractivity contribution in [2.75, 3.05) is 13.1 Å². The first-order valence-corrected chi connectivity index (χ1v) is 14.0. The summed E-state index contributed by atoms with van der Waals surface area (Å²) in [5.41, 5.74) is 2.45. The van der Waals surface area contributed by atoms with Crippen LogP contribution in [0.2, 0.25) is 0 Å². The lowest BCUT2D eigenvalue weighted by Gasteiger charge is -2.24. The zero-order valence-electron chi connectivity index (χ0n) is 25.4. The number of rotatable bonds is 21. The van der Waals surface area contributed by atoms with Gasteiger partial charge in [-0.05, 0) is 24.8 Å². The van der Waals surface area contributed by atoms with Crippen molar-refractivity contribution in [3.8, 4) is 0 Å². The number of halogens is 1. The lowest BCUT2D eigenvalue weighted by atomic mass is 10.1. The zero-order valence-corrected chi connectivity index (χ0v) is 26.2. The van der Waals surface area contributed by atoms with Crippen LogP contribution < -0.4 is 37.9 Å². The van der Waals surface area contributed by atoms with Crippen molar-refractivity contribution in [2.45, 2.75) is 63.3 Å². The maximum Gasteiger partial charge on any atom is 0.407 e. The zero-order chi connectivity index (χ0) is 35.4. The topological polar surface area (TPSA) is 322 Å². The van der Waals surface area contributed by atoms with E-state index in [2.05, 4.69) is 26.6 Å². The van der Waals surface area contributed by atoms with Gasteiger partial charge in [0.2, 0.25) is 23.6 Å². The minimum atomic E-state index is -1.63. The van der Waals surface area contributed by atoms with Crippen LogP contribution in [0.4, 0.5) is 4.79 Å². The molecule has 266 valence electrons. The van der Waals surface area contributed by atoms with Crippen LogP contribution >= 0.6 is 12.4 Å². The molecule has 1 aromatic carbocycles. The lowest BCUT2D eigenvalue weighted by molar-refractivity contribution is -0.140. The Hall–Kier alpha value is -5.50. The third-order valence-electron chi connectivity index (χ3n) is 6.05. The predicted molar refractivity (Wildman–Crippen MR) is 164 cm³/mol. The number of carbonyl (C=O) groups excluding carboxylic acids is 6. The van der Waals surface area contributed by atoms with Crippen LogP contribution in [0.5, 0.6) is 0 Å². The van der Waals surface area contributed by atoms with Crippen LogP contribution in [0, 0.1) is 0 Å². The Bertz CT molecular complexity index is 1300. The van der Waals surface area contributed by atoms with Gasteiger partial charge in [-0.15, -0.1) is 12.4 Å². The second-order valence-electron chi connectivity index (χ2n) is 9.74. The van der Waals surface area contributed by atoms with E-state index in [1.54, 1.807) is 35.8 Å². The molecular formula is C27H38ClN7O13. The number of hydrazine groups is 1. The maximum absolute atomic E-state index is 13.0. The number of aliphatic carboxylic acids is 3. The van der Waals surface area contributed by atoms with Crippen LogP contribution in [-0.4, -0.2) is 100 Å². The van der Waals surface area contributed by atoms with E-state index in [1.165, 1.54) is 0 Å². The van der Waals surface area contributed by atoms with Crippen molar-refractivity contribution in [1.29, 1.82) is 0 Å². The Morgan fingerprint density at radius 2 is 1.06 bits per heavy atom. The number of ether oxygens (including phenoxy) is 1. The molecule has 21 heteroatoms. The van der Waals surface area contributed by atoms with E-state index in [-0.39, 0.29) is 19.0 Å². The number of hydrogen-bond donors (Lipinski definition) is 10. The first-order chi connectivity index (χ1) is 22.2. The predicted octanol–water partition coefficient (Wildman–Crippen LogP) is -2.51. The summed E-state index contributed by atoms with van der Waals surface area (Å²) in [6.07, 6.45) is -4.14. The monoisotopic (exact) mass is 703 g/mol. The van der Waals surface area contributed by atoms with E-state index in [1.807, 2.05) is 0 Å². The standard InChI is InChI=1S/C27H37N7O13.ClH/c28-34-26(45)18(8-11-23(41)42)33-25(44)17(7-10-22(39)40)32-24(43)16(6-9-21(37)38)31-20(36)13-29-19(35)12-30-27(46)47-14-15-4-2-1-3-5-15;/h1-5,16-18H,6-14,28H2,(H,29,35)(H,30,46)(H,31,36)(H,32,43)(H,33,44)(H,34,45)(H,37,38)(H,39,40)(H,41,42);1H. The third-order valence-corrected chi connectivity index (χ3v) is 6.05. The molecule has 0 fully saturated rings. The van der Waals surface area contributed by atoms with Crippen molar-refractivity contribution < 1.29 is 63.2 Å². The largest absolute Gasteiger partial charge is 0.481 e. The SMILES string of the molecule is Cl.NNC(=O)C(CCC(=O)O)NC(=O)C(CCC(=O)O)NC(=O)C(CCC(=O)O)NC(=O)CNC(=O)CNC(=O)OCc1ccccc1. The van der Waals surface area contributed by atoms with Crippen molar-refractivity contribution >= 4 is 65.9 Å². The molecule has 3 atom stereocenters. The van der Waals surface area contributed by atoms with Crippen LogP contribution in [-0.2, 0) is 49.7 Å². The molecule has 6 amide bonds. The fourth-order valence-corrected chi connectivity index (χ4v) is 3.67. The molecule has 0 aliphatic rings. The maximum atomic E-state index is 13.0. The van der Waals surface area contributed by atoms with Gasteiger partial charge in [0, 0.05) is 19.3 Å². The minimum Gasteiger partial charge on any atom is -0.481 e. The highest BCUT2D eigenvalue weighted by Crippen LogP contribution is 2.06. The van der Waals surface area contributed by atoms with Gasteiger partial charge in [-0.1, -0.05) is 30.3 Å². The van der Waals surface area contributed by atoms with Gasteiger partial charge in [-0.2, -0.15) is 0 Å². The van der Waals surface area contributed by atoms with Crippen LogP contribution in [0.15, 0.2) is 30.3 Å². The number of alkyl carbamates (subject to hydrolysis) is 1. The molecule has 0 aliphatic heterocycles. The van der Waals surface area contributed by atoms with E-state index in [4.69, 9.17) is 25.9 Å². The van der Waals surface area contributed by atoms with Crippen LogP contribution in [0.1, 0.15) is 44.1 Å². The van der Waals surface area contributed by atoms with Crippen LogP contribution in [0.3, 0.4) is 0 Å². The lowest BCUT2D eigenvalue weighted by Crippen LogP contribution is -2.57. The Morgan fingerprint density at radius 1 is 0.625 bits per heavy atom. The number of amides is 6. The molecule has 1 rings (SSSR count). The normalized spacial score (nSPS) is 11.9. The Morgan fingerprint density at radius 3 is 1.52 bits per heavy atom. The molecule has 0 aliphatic carbocycles. The molecule has 0 heterocycles. The fourth-order valence-electron chi connectivity index (χ4n) is 3.67. The molecule has 0 saturated carbocycles. The molecule has 11 N–H and O–H groups in total. The summed E-state index contributed by atoms with van der Waals surface area (Å²) in [4.78, 5) is 108. The molecule has 48 heavy (non-hydrogen) atoms.